The molecule has 0 spiro atoms. The van der Waals surface area contributed by atoms with E-state index in [1.807, 2.05) is 12.1 Å². The average molecular weight is 287 g/mol. The van der Waals surface area contributed by atoms with Gasteiger partial charge in [0.05, 0.1) is 10.3 Å². The predicted molar refractivity (Wildman–Crippen MR) is 60.3 cm³/mol. The van der Waals surface area contributed by atoms with Crippen molar-refractivity contribution < 1.29 is 9.90 Å². The minimum absolute atomic E-state index is 0.208. The lowest BCUT2D eigenvalue weighted by atomic mass is 10.4. The van der Waals surface area contributed by atoms with Gasteiger partial charge >= 0.3 is 5.97 Å². The Morgan fingerprint density at radius 1 is 1.53 bits per heavy atom. The van der Waals surface area contributed by atoms with Gasteiger partial charge in [0.15, 0.2) is 0 Å². The van der Waals surface area contributed by atoms with Crippen LogP contribution in [0.4, 0.5) is 0 Å². The molecule has 2 aromatic heterocycles. The van der Waals surface area contributed by atoms with Gasteiger partial charge in [-0.2, -0.15) is 5.10 Å². The van der Waals surface area contributed by atoms with Crippen molar-refractivity contribution in [3.05, 3.63) is 38.8 Å². The monoisotopic (exact) mass is 286 g/mol. The maximum Gasteiger partial charge on any atom is 0.354 e. The lowest BCUT2D eigenvalue weighted by Crippen LogP contribution is -2.09. The average Bonchev–Trinajstić information content (AvgIpc) is 2.75. The fraction of sp³-hybridized carbons (Fsp3) is 0.111. The third-order valence-electron chi connectivity index (χ3n) is 1.87. The van der Waals surface area contributed by atoms with E-state index in [0.717, 1.165) is 8.66 Å². The largest absolute Gasteiger partial charge is 0.477 e. The number of halogens is 1. The van der Waals surface area contributed by atoms with Gasteiger partial charge < -0.3 is 5.11 Å². The highest BCUT2D eigenvalue weighted by atomic mass is 79.9. The maximum absolute atomic E-state index is 10.8. The van der Waals surface area contributed by atoms with Gasteiger partial charge in [-0.3, -0.25) is 4.68 Å². The van der Waals surface area contributed by atoms with E-state index >= 15 is 0 Å². The third kappa shape index (κ3) is 2.27. The standard InChI is InChI=1S/C9H7BrN2O2S/c10-8-2-1-6(15-8)5-12-7(9(13)14)3-4-11-12/h1-4H,5H2,(H,13,14). The first-order valence-corrected chi connectivity index (χ1v) is 5.77. The molecule has 0 amide bonds. The van der Waals surface area contributed by atoms with Crippen LogP contribution in [0.5, 0.6) is 0 Å². The molecular formula is C9H7BrN2O2S. The molecule has 0 atom stereocenters. The zero-order valence-corrected chi connectivity index (χ0v) is 9.96. The fourth-order valence-corrected chi connectivity index (χ4v) is 2.69. The molecule has 0 fully saturated rings. The third-order valence-corrected chi connectivity index (χ3v) is 3.48. The molecular weight excluding hydrogens is 280 g/mol. The number of carboxylic acid groups (broad SMARTS) is 1. The van der Waals surface area contributed by atoms with Crippen LogP contribution in [-0.4, -0.2) is 20.9 Å². The number of hydrogen-bond donors (Lipinski definition) is 1. The quantitative estimate of drug-likeness (QED) is 0.943. The van der Waals surface area contributed by atoms with Crippen molar-refractivity contribution in [2.75, 3.05) is 0 Å². The number of aromatic carboxylic acids is 1. The summed E-state index contributed by atoms with van der Waals surface area (Å²) in [6.45, 7) is 0.491. The van der Waals surface area contributed by atoms with Gasteiger partial charge in [0.2, 0.25) is 0 Å². The zero-order valence-electron chi connectivity index (χ0n) is 7.55. The summed E-state index contributed by atoms with van der Waals surface area (Å²) in [7, 11) is 0. The van der Waals surface area contributed by atoms with Crippen LogP contribution in [-0.2, 0) is 6.54 Å². The number of rotatable bonds is 3. The molecule has 0 aromatic carbocycles. The SMILES string of the molecule is O=C(O)c1ccnn1Cc1ccc(Br)s1. The summed E-state index contributed by atoms with van der Waals surface area (Å²) in [5.41, 5.74) is 0.208. The Balaban J connectivity index is 2.24. The van der Waals surface area contributed by atoms with Crippen LogP contribution in [0.2, 0.25) is 0 Å². The van der Waals surface area contributed by atoms with E-state index in [0.29, 0.717) is 6.54 Å². The number of thiophene rings is 1. The lowest BCUT2D eigenvalue weighted by molar-refractivity contribution is 0.0684. The Hall–Kier alpha value is -1.14. The number of carboxylic acids is 1. The summed E-state index contributed by atoms with van der Waals surface area (Å²) >= 11 is 4.93. The van der Waals surface area contributed by atoms with Crippen molar-refractivity contribution in [1.82, 2.24) is 9.78 Å². The van der Waals surface area contributed by atoms with E-state index in [9.17, 15) is 4.79 Å². The van der Waals surface area contributed by atoms with Gasteiger partial charge in [0.25, 0.3) is 0 Å². The van der Waals surface area contributed by atoms with Crippen molar-refractivity contribution in [3.63, 3.8) is 0 Å². The molecule has 2 heterocycles. The van der Waals surface area contributed by atoms with E-state index in [4.69, 9.17) is 5.11 Å². The molecule has 0 bridgehead atoms. The Kier molecular flexibility index (Phi) is 2.88. The van der Waals surface area contributed by atoms with Crippen LogP contribution in [0.15, 0.2) is 28.2 Å². The Morgan fingerprint density at radius 3 is 2.93 bits per heavy atom. The normalized spacial score (nSPS) is 10.5. The Morgan fingerprint density at radius 2 is 2.33 bits per heavy atom. The lowest BCUT2D eigenvalue weighted by Gasteiger charge is -2.01. The van der Waals surface area contributed by atoms with Gasteiger partial charge in [-0.1, -0.05) is 0 Å². The smallest absolute Gasteiger partial charge is 0.354 e. The van der Waals surface area contributed by atoms with E-state index in [-0.39, 0.29) is 5.69 Å². The zero-order chi connectivity index (χ0) is 10.8. The van der Waals surface area contributed by atoms with E-state index in [2.05, 4.69) is 21.0 Å². The molecule has 0 saturated carbocycles. The second kappa shape index (κ2) is 4.16. The molecule has 4 nitrogen and oxygen atoms in total. The highest BCUT2D eigenvalue weighted by Gasteiger charge is 2.10. The van der Waals surface area contributed by atoms with Crippen LogP contribution in [0.25, 0.3) is 0 Å². The van der Waals surface area contributed by atoms with Crippen molar-refractivity contribution in [2.45, 2.75) is 6.54 Å². The molecule has 0 saturated heterocycles. The van der Waals surface area contributed by atoms with Gasteiger partial charge in [0.1, 0.15) is 5.69 Å². The molecule has 2 rings (SSSR count). The Labute approximate surface area is 98.3 Å². The molecule has 78 valence electrons. The summed E-state index contributed by atoms with van der Waals surface area (Å²) in [6, 6.07) is 5.37. The summed E-state index contributed by atoms with van der Waals surface area (Å²) in [6.07, 6.45) is 1.49. The van der Waals surface area contributed by atoms with Gasteiger partial charge in [-0.05, 0) is 34.1 Å². The van der Waals surface area contributed by atoms with Gasteiger partial charge in [0, 0.05) is 11.1 Å². The molecule has 0 aliphatic heterocycles. The minimum Gasteiger partial charge on any atom is -0.477 e. The maximum atomic E-state index is 10.8. The first-order chi connectivity index (χ1) is 7.16. The summed E-state index contributed by atoms with van der Waals surface area (Å²) in [5, 5.41) is 12.8. The van der Waals surface area contributed by atoms with Crippen molar-refractivity contribution in [2.24, 2.45) is 0 Å². The van der Waals surface area contributed by atoms with Crippen molar-refractivity contribution in [3.8, 4) is 0 Å². The highest BCUT2D eigenvalue weighted by molar-refractivity contribution is 9.11. The molecule has 1 N–H and O–H groups in total. The first-order valence-electron chi connectivity index (χ1n) is 4.16. The van der Waals surface area contributed by atoms with Gasteiger partial charge in [-0.15, -0.1) is 11.3 Å². The topological polar surface area (TPSA) is 55.1 Å². The van der Waals surface area contributed by atoms with E-state index < -0.39 is 5.97 Å². The van der Waals surface area contributed by atoms with Crippen LogP contribution < -0.4 is 0 Å². The molecule has 0 unspecified atom stereocenters. The predicted octanol–water partition coefficient (Wildman–Crippen LogP) is 2.45. The van der Waals surface area contributed by atoms with Crippen LogP contribution in [0.1, 0.15) is 15.4 Å². The molecule has 6 heteroatoms. The number of aromatic nitrogens is 2. The van der Waals surface area contributed by atoms with Crippen LogP contribution >= 0.6 is 27.3 Å². The van der Waals surface area contributed by atoms with Gasteiger partial charge in [-0.25, -0.2) is 4.79 Å². The first kappa shape index (κ1) is 10.4. The highest BCUT2D eigenvalue weighted by Crippen LogP contribution is 2.22. The van der Waals surface area contributed by atoms with E-state index in [1.165, 1.54) is 16.9 Å². The molecule has 0 aliphatic rings. The summed E-state index contributed by atoms with van der Waals surface area (Å²) in [4.78, 5) is 11.9. The second-order valence-electron chi connectivity index (χ2n) is 2.89. The van der Waals surface area contributed by atoms with Crippen LogP contribution in [0, 0.1) is 0 Å². The molecule has 15 heavy (non-hydrogen) atoms. The van der Waals surface area contributed by atoms with Crippen LogP contribution in [0.3, 0.4) is 0 Å². The molecule has 0 aliphatic carbocycles. The number of hydrogen-bond acceptors (Lipinski definition) is 3. The molecule has 2 aromatic rings. The fourth-order valence-electron chi connectivity index (χ4n) is 1.22. The Bertz CT molecular complexity index is 492. The van der Waals surface area contributed by atoms with E-state index in [1.54, 1.807) is 11.3 Å². The summed E-state index contributed by atoms with van der Waals surface area (Å²) in [5.74, 6) is -0.955. The molecule has 0 radical (unpaired) electrons. The second-order valence-corrected chi connectivity index (χ2v) is 5.43. The van der Waals surface area contributed by atoms with Crippen molar-refractivity contribution in [1.29, 1.82) is 0 Å². The summed E-state index contributed by atoms with van der Waals surface area (Å²) < 4.78 is 2.50. The minimum atomic E-state index is -0.955. The number of nitrogens with zero attached hydrogens (tertiary/aromatic N) is 2. The number of carbonyl (C=O) groups is 1. The van der Waals surface area contributed by atoms with Crippen molar-refractivity contribution >= 4 is 33.2 Å².